The summed E-state index contributed by atoms with van der Waals surface area (Å²) in [7, 11) is 0. The lowest BCUT2D eigenvalue weighted by molar-refractivity contribution is -0.129. The summed E-state index contributed by atoms with van der Waals surface area (Å²) in [6.07, 6.45) is 0.847. The van der Waals surface area contributed by atoms with Crippen molar-refractivity contribution >= 4 is 16.9 Å². The van der Waals surface area contributed by atoms with Crippen LogP contribution in [0.5, 0.6) is 5.75 Å². The predicted molar refractivity (Wildman–Crippen MR) is 122 cm³/mol. The average molecular weight is 408 g/mol. The van der Waals surface area contributed by atoms with Gasteiger partial charge in [-0.05, 0) is 62.6 Å². The number of para-hydroxylation sites is 2. The Balaban J connectivity index is 1.72. The molecule has 0 radical (unpaired) electrons. The molecule has 1 amide bonds. The predicted octanol–water partition coefficient (Wildman–Crippen LogP) is 5.35. The molecule has 0 bridgehead atoms. The maximum Gasteiger partial charge on any atom is 0.225 e. The highest BCUT2D eigenvalue weighted by molar-refractivity contribution is 5.82. The van der Waals surface area contributed by atoms with E-state index in [0.29, 0.717) is 6.61 Å². The number of nitrogens with zero attached hydrogens (tertiary/aromatic N) is 2. The average Bonchev–Trinajstić information content (AvgIpc) is 3.06. The second kappa shape index (κ2) is 8.90. The van der Waals surface area contributed by atoms with Crippen LogP contribution in [0.1, 0.15) is 57.1 Å². The Hall–Kier alpha value is -2.82. The molecule has 0 saturated heterocycles. The Kier molecular flexibility index (Phi) is 6.49. The topological polar surface area (TPSA) is 56.1 Å². The van der Waals surface area contributed by atoms with E-state index in [2.05, 4.69) is 41.9 Å². The number of aromatic nitrogens is 2. The second-order valence-corrected chi connectivity index (χ2v) is 9.00. The van der Waals surface area contributed by atoms with Crippen LogP contribution in [0.2, 0.25) is 0 Å². The van der Waals surface area contributed by atoms with Crippen molar-refractivity contribution in [3.05, 3.63) is 59.4 Å². The van der Waals surface area contributed by atoms with Gasteiger partial charge in [-0.3, -0.25) is 4.79 Å². The fourth-order valence-corrected chi connectivity index (χ4v) is 3.35. The van der Waals surface area contributed by atoms with Gasteiger partial charge >= 0.3 is 0 Å². The van der Waals surface area contributed by atoms with E-state index >= 15 is 0 Å². The van der Waals surface area contributed by atoms with Crippen LogP contribution in [-0.2, 0) is 11.3 Å². The van der Waals surface area contributed by atoms with Gasteiger partial charge in [0, 0.05) is 12.0 Å². The third kappa shape index (κ3) is 5.02. The van der Waals surface area contributed by atoms with Crippen molar-refractivity contribution in [2.24, 2.45) is 5.41 Å². The molecule has 0 spiro atoms. The van der Waals surface area contributed by atoms with E-state index in [4.69, 9.17) is 9.72 Å². The zero-order valence-electron chi connectivity index (χ0n) is 19.0. The molecule has 3 rings (SSSR count). The van der Waals surface area contributed by atoms with E-state index in [1.54, 1.807) is 0 Å². The fraction of sp³-hybridized carbons (Fsp3) is 0.440. The Bertz CT molecular complexity index is 1030. The number of hydrogen-bond acceptors (Lipinski definition) is 3. The van der Waals surface area contributed by atoms with Crippen LogP contribution >= 0.6 is 0 Å². The number of rotatable bonds is 7. The molecule has 0 saturated carbocycles. The van der Waals surface area contributed by atoms with Crippen molar-refractivity contribution in [1.82, 2.24) is 14.9 Å². The number of hydrogen-bond donors (Lipinski definition) is 1. The molecule has 0 aliphatic heterocycles. The zero-order chi connectivity index (χ0) is 21.9. The molecule has 1 atom stereocenters. The molecule has 0 fully saturated rings. The first-order valence-corrected chi connectivity index (χ1v) is 10.6. The van der Waals surface area contributed by atoms with E-state index in [1.165, 1.54) is 11.1 Å². The molecule has 1 aromatic heterocycles. The summed E-state index contributed by atoms with van der Waals surface area (Å²) in [5.74, 6) is 1.80. The van der Waals surface area contributed by atoms with Gasteiger partial charge in [0.1, 0.15) is 11.6 Å². The minimum atomic E-state index is -0.439. The van der Waals surface area contributed by atoms with Gasteiger partial charge in [0.2, 0.25) is 5.91 Å². The van der Waals surface area contributed by atoms with Gasteiger partial charge in [0.05, 0.1) is 23.7 Å². The maximum atomic E-state index is 12.5. The van der Waals surface area contributed by atoms with Crippen molar-refractivity contribution < 1.29 is 9.53 Å². The fourth-order valence-electron chi connectivity index (χ4n) is 3.35. The molecule has 5 heteroatoms. The van der Waals surface area contributed by atoms with Gasteiger partial charge in [-0.15, -0.1) is 0 Å². The number of amides is 1. The number of carbonyl (C=O) groups excluding carboxylic acids is 1. The third-order valence-electron chi connectivity index (χ3n) is 5.37. The summed E-state index contributed by atoms with van der Waals surface area (Å²) in [6, 6.07) is 14.1. The molecular formula is C25H33N3O2. The van der Waals surface area contributed by atoms with Crippen LogP contribution < -0.4 is 10.1 Å². The van der Waals surface area contributed by atoms with Gasteiger partial charge in [-0.1, -0.05) is 39.0 Å². The molecule has 160 valence electrons. The molecule has 3 aromatic rings. The van der Waals surface area contributed by atoms with Gasteiger partial charge in [-0.2, -0.15) is 0 Å². The Labute approximate surface area is 179 Å². The number of imidazole rings is 1. The quantitative estimate of drug-likeness (QED) is 0.538. The van der Waals surface area contributed by atoms with Crippen LogP contribution in [-0.4, -0.2) is 22.1 Å². The zero-order valence-corrected chi connectivity index (χ0v) is 19.0. The monoisotopic (exact) mass is 407 g/mol. The molecule has 2 aromatic carbocycles. The summed E-state index contributed by atoms with van der Waals surface area (Å²) in [4.78, 5) is 17.3. The van der Waals surface area contributed by atoms with E-state index in [1.807, 2.05) is 52.0 Å². The lowest BCUT2D eigenvalue weighted by Crippen LogP contribution is -2.37. The van der Waals surface area contributed by atoms with Gasteiger partial charge in [0.15, 0.2) is 0 Å². The molecule has 5 nitrogen and oxygen atoms in total. The number of fused-ring (bicyclic) bond motifs is 1. The minimum Gasteiger partial charge on any atom is -0.494 e. The first kappa shape index (κ1) is 21.9. The third-order valence-corrected chi connectivity index (χ3v) is 5.37. The van der Waals surface area contributed by atoms with Crippen LogP contribution in [0.25, 0.3) is 11.0 Å². The van der Waals surface area contributed by atoms with Crippen molar-refractivity contribution in [3.63, 3.8) is 0 Å². The summed E-state index contributed by atoms with van der Waals surface area (Å²) in [6.45, 7) is 13.3. The van der Waals surface area contributed by atoms with Crippen LogP contribution in [0.3, 0.4) is 0 Å². The largest absolute Gasteiger partial charge is 0.494 e. The number of ether oxygens (including phenoxy) is 1. The van der Waals surface area contributed by atoms with Crippen LogP contribution in [0.15, 0.2) is 42.5 Å². The number of carbonyl (C=O) groups is 1. The Morgan fingerprint density at radius 3 is 2.57 bits per heavy atom. The van der Waals surface area contributed by atoms with Gasteiger partial charge in [0.25, 0.3) is 0 Å². The van der Waals surface area contributed by atoms with Crippen molar-refractivity contribution in [1.29, 1.82) is 0 Å². The van der Waals surface area contributed by atoms with Crippen LogP contribution in [0, 0.1) is 19.3 Å². The molecule has 0 aliphatic carbocycles. The van der Waals surface area contributed by atoms with Crippen molar-refractivity contribution in [2.75, 3.05) is 6.61 Å². The van der Waals surface area contributed by atoms with Crippen molar-refractivity contribution in [3.8, 4) is 5.75 Å². The molecule has 1 N–H and O–H groups in total. The highest BCUT2D eigenvalue weighted by atomic mass is 16.5. The normalized spacial score (nSPS) is 12.7. The SMILES string of the molecule is Cc1ccc(OCCCn2c(C(C)NC(=O)C(C)(C)C)nc3ccccc32)cc1C. The van der Waals surface area contributed by atoms with Crippen molar-refractivity contribution in [2.45, 2.75) is 60.5 Å². The molecule has 1 unspecified atom stereocenters. The van der Waals surface area contributed by atoms with E-state index in [9.17, 15) is 4.79 Å². The maximum absolute atomic E-state index is 12.5. The molecular weight excluding hydrogens is 374 g/mol. The highest BCUT2D eigenvalue weighted by Gasteiger charge is 2.25. The summed E-state index contributed by atoms with van der Waals surface area (Å²) >= 11 is 0. The first-order chi connectivity index (χ1) is 14.2. The standard InChI is InChI=1S/C25H33N3O2/c1-17-12-13-20(16-18(17)2)30-15-9-14-28-22-11-8-7-10-21(22)27-23(28)19(3)26-24(29)25(4,5)6/h7-8,10-13,16,19H,9,14-15H2,1-6H3,(H,26,29). The smallest absolute Gasteiger partial charge is 0.225 e. The number of aryl methyl sites for hydroxylation is 3. The number of benzene rings is 2. The molecule has 30 heavy (non-hydrogen) atoms. The van der Waals surface area contributed by atoms with E-state index in [-0.39, 0.29) is 11.9 Å². The van der Waals surface area contributed by atoms with E-state index in [0.717, 1.165) is 35.6 Å². The summed E-state index contributed by atoms with van der Waals surface area (Å²) in [5, 5.41) is 3.11. The number of nitrogens with one attached hydrogen (secondary N) is 1. The molecule has 1 heterocycles. The first-order valence-electron chi connectivity index (χ1n) is 10.6. The van der Waals surface area contributed by atoms with E-state index < -0.39 is 5.41 Å². The lowest BCUT2D eigenvalue weighted by Gasteiger charge is -2.22. The van der Waals surface area contributed by atoms with Gasteiger partial charge in [-0.25, -0.2) is 4.98 Å². The van der Waals surface area contributed by atoms with Crippen LogP contribution in [0.4, 0.5) is 0 Å². The van der Waals surface area contributed by atoms with Gasteiger partial charge < -0.3 is 14.6 Å². The Morgan fingerprint density at radius 1 is 1.13 bits per heavy atom. The summed E-state index contributed by atoms with van der Waals surface area (Å²) < 4.78 is 8.16. The lowest BCUT2D eigenvalue weighted by atomic mass is 9.95. The molecule has 0 aliphatic rings. The highest BCUT2D eigenvalue weighted by Crippen LogP contribution is 2.23. The second-order valence-electron chi connectivity index (χ2n) is 9.00. The summed E-state index contributed by atoms with van der Waals surface area (Å²) in [5.41, 5.74) is 4.09. The minimum absolute atomic E-state index is 0.0201. The Morgan fingerprint density at radius 2 is 1.87 bits per heavy atom.